The first-order valence-electron chi connectivity index (χ1n) is 7.04. The van der Waals surface area contributed by atoms with E-state index in [1.54, 1.807) is 4.68 Å². The van der Waals surface area contributed by atoms with E-state index >= 15 is 0 Å². The van der Waals surface area contributed by atoms with E-state index in [4.69, 9.17) is 16.3 Å². The summed E-state index contributed by atoms with van der Waals surface area (Å²) >= 11 is 5.97. The molecule has 2 aromatic heterocycles. The molecule has 2 aromatic rings. The second-order valence-corrected chi connectivity index (χ2v) is 5.45. The quantitative estimate of drug-likeness (QED) is 0.882. The number of pyridine rings is 1. The number of ether oxygens (including phenoxy) is 1. The van der Waals surface area contributed by atoms with E-state index in [-0.39, 0.29) is 16.9 Å². The van der Waals surface area contributed by atoms with E-state index in [0.717, 1.165) is 19.3 Å². The predicted octanol–water partition coefficient (Wildman–Crippen LogP) is 3.04. The summed E-state index contributed by atoms with van der Waals surface area (Å²) in [4.78, 5) is 15.8. The standard InChI is InChI=1S/C14H16ClN3O3/c1-2-9-12-8(14(19)20)7-10(15)16-13(12)18(17-9)11-5-3-4-6-21-11/h7,11H,2-6H2,1H3,(H,19,20). The molecule has 1 fully saturated rings. The Bertz CT molecular complexity index is 692. The summed E-state index contributed by atoms with van der Waals surface area (Å²) in [6, 6.07) is 1.37. The predicted molar refractivity (Wildman–Crippen MR) is 77.7 cm³/mol. The molecule has 1 unspecified atom stereocenters. The maximum atomic E-state index is 11.5. The third kappa shape index (κ3) is 2.49. The van der Waals surface area contributed by atoms with Crippen LogP contribution in [0.15, 0.2) is 6.07 Å². The number of carboxylic acids is 1. The van der Waals surface area contributed by atoms with Gasteiger partial charge < -0.3 is 9.84 Å². The lowest BCUT2D eigenvalue weighted by atomic mass is 10.1. The molecule has 1 aliphatic heterocycles. The van der Waals surface area contributed by atoms with Crippen LogP contribution in [0.4, 0.5) is 0 Å². The highest BCUT2D eigenvalue weighted by Crippen LogP contribution is 2.30. The fourth-order valence-electron chi connectivity index (χ4n) is 2.71. The van der Waals surface area contributed by atoms with Crippen molar-refractivity contribution < 1.29 is 14.6 Å². The molecule has 0 spiro atoms. The molecule has 1 saturated heterocycles. The van der Waals surface area contributed by atoms with Crippen LogP contribution in [0.1, 0.15) is 48.5 Å². The van der Waals surface area contributed by atoms with E-state index in [9.17, 15) is 9.90 Å². The molecule has 21 heavy (non-hydrogen) atoms. The summed E-state index contributed by atoms with van der Waals surface area (Å²) in [5.74, 6) is -1.02. The van der Waals surface area contributed by atoms with Crippen LogP contribution >= 0.6 is 11.6 Å². The van der Waals surface area contributed by atoms with Gasteiger partial charge in [-0.2, -0.15) is 5.10 Å². The Hall–Kier alpha value is -1.66. The van der Waals surface area contributed by atoms with Gasteiger partial charge in [-0.1, -0.05) is 18.5 Å². The highest BCUT2D eigenvalue weighted by Gasteiger charge is 2.25. The van der Waals surface area contributed by atoms with E-state index in [1.807, 2.05) is 6.92 Å². The molecule has 0 amide bonds. The molecule has 7 heteroatoms. The number of carboxylic acid groups (broad SMARTS) is 1. The zero-order chi connectivity index (χ0) is 15.0. The first-order valence-corrected chi connectivity index (χ1v) is 7.42. The maximum absolute atomic E-state index is 11.5. The Morgan fingerprint density at radius 3 is 3.00 bits per heavy atom. The summed E-state index contributed by atoms with van der Waals surface area (Å²) < 4.78 is 7.43. The van der Waals surface area contributed by atoms with Crippen LogP contribution in [0.5, 0.6) is 0 Å². The topological polar surface area (TPSA) is 77.2 Å². The van der Waals surface area contributed by atoms with Crippen molar-refractivity contribution in [3.63, 3.8) is 0 Å². The van der Waals surface area contributed by atoms with Crippen LogP contribution in [0.3, 0.4) is 0 Å². The number of hydrogen-bond acceptors (Lipinski definition) is 4. The lowest BCUT2D eigenvalue weighted by molar-refractivity contribution is -0.0372. The maximum Gasteiger partial charge on any atom is 0.336 e. The van der Waals surface area contributed by atoms with Crippen molar-refractivity contribution >= 4 is 28.6 Å². The molecule has 0 saturated carbocycles. The van der Waals surface area contributed by atoms with Crippen LogP contribution in [0, 0.1) is 0 Å². The zero-order valence-electron chi connectivity index (χ0n) is 11.7. The van der Waals surface area contributed by atoms with Gasteiger partial charge in [0.05, 0.1) is 16.6 Å². The Kier molecular flexibility index (Phi) is 3.82. The summed E-state index contributed by atoms with van der Waals surface area (Å²) in [6.07, 6.45) is 3.36. The van der Waals surface area contributed by atoms with Crippen molar-refractivity contribution in [2.45, 2.75) is 38.8 Å². The molecule has 1 N–H and O–H groups in total. The van der Waals surface area contributed by atoms with Crippen molar-refractivity contribution in [2.75, 3.05) is 6.61 Å². The minimum Gasteiger partial charge on any atom is -0.478 e. The highest BCUT2D eigenvalue weighted by molar-refractivity contribution is 6.30. The Balaban J connectivity index is 2.24. The van der Waals surface area contributed by atoms with Crippen molar-refractivity contribution in [3.05, 3.63) is 22.5 Å². The van der Waals surface area contributed by atoms with E-state index in [0.29, 0.717) is 29.8 Å². The van der Waals surface area contributed by atoms with Gasteiger partial charge in [-0.05, 0) is 31.7 Å². The van der Waals surface area contributed by atoms with E-state index in [2.05, 4.69) is 10.1 Å². The van der Waals surface area contributed by atoms with E-state index in [1.165, 1.54) is 6.07 Å². The molecule has 0 radical (unpaired) electrons. The summed E-state index contributed by atoms with van der Waals surface area (Å²) in [5.41, 5.74) is 1.34. The summed E-state index contributed by atoms with van der Waals surface area (Å²) in [5, 5.41) is 14.6. The van der Waals surface area contributed by atoms with Gasteiger partial charge in [0.25, 0.3) is 0 Å². The van der Waals surface area contributed by atoms with Gasteiger partial charge in [-0.25, -0.2) is 14.5 Å². The van der Waals surface area contributed by atoms with Crippen LogP contribution < -0.4 is 0 Å². The molecule has 1 atom stereocenters. The molecular weight excluding hydrogens is 294 g/mol. The lowest BCUT2D eigenvalue weighted by Crippen LogP contribution is -2.19. The Labute approximate surface area is 126 Å². The fourth-order valence-corrected chi connectivity index (χ4v) is 2.90. The third-order valence-corrected chi connectivity index (χ3v) is 3.89. The number of nitrogens with zero attached hydrogens (tertiary/aromatic N) is 3. The van der Waals surface area contributed by atoms with Gasteiger partial charge in [0.2, 0.25) is 0 Å². The molecule has 0 bridgehead atoms. The molecule has 6 nitrogen and oxygen atoms in total. The third-order valence-electron chi connectivity index (χ3n) is 3.70. The summed E-state index contributed by atoms with van der Waals surface area (Å²) in [6.45, 7) is 2.62. The number of aromatic nitrogens is 3. The smallest absolute Gasteiger partial charge is 0.336 e. The average molecular weight is 310 g/mol. The van der Waals surface area contributed by atoms with Crippen LogP contribution in [0.2, 0.25) is 5.15 Å². The van der Waals surface area contributed by atoms with Gasteiger partial charge in [-0.3, -0.25) is 0 Å². The number of aryl methyl sites for hydroxylation is 1. The number of fused-ring (bicyclic) bond motifs is 1. The number of hydrogen-bond donors (Lipinski definition) is 1. The fraction of sp³-hybridized carbons (Fsp3) is 0.500. The number of carbonyl (C=O) groups is 1. The Morgan fingerprint density at radius 1 is 1.57 bits per heavy atom. The van der Waals surface area contributed by atoms with Crippen molar-refractivity contribution in [3.8, 4) is 0 Å². The molecular formula is C14H16ClN3O3. The second-order valence-electron chi connectivity index (χ2n) is 5.06. The largest absolute Gasteiger partial charge is 0.478 e. The number of rotatable bonds is 3. The zero-order valence-corrected chi connectivity index (χ0v) is 12.4. The summed E-state index contributed by atoms with van der Waals surface area (Å²) in [7, 11) is 0. The highest BCUT2D eigenvalue weighted by atomic mass is 35.5. The molecule has 3 rings (SSSR count). The first kappa shape index (κ1) is 14.3. The minimum atomic E-state index is -1.02. The SMILES string of the molecule is CCc1nn(C2CCCCO2)c2nc(Cl)cc(C(=O)O)c12. The van der Waals surface area contributed by atoms with Gasteiger partial charge in [0.15, 0.2) is 11.9 Å². The van der Waals surface area contributed by atoms with Gasteiger partial charge in [-0.15, -0.1) is 0 Å². The van der Waals surface area contributed by atoms with Gasteiger partial charge in [0, 0.05) is 6.61 Å². The molecule has 112 valence electrons. The Morgan fingerprint density at radius 2 is 2.38 bits per heavy atom. The second kappa shape index (κ2) is 5.61. The number of halogens is 1. The molecule has 0 aromatic carbocycles. The van der Waals surface area contributed by atoms with Gasteiger partial charge in [0.1, 0.15) is 5.15 Å². The number of aromatic carboxylic acids is 1. The van der Waals surface area contributed by atoms with Crippen LogP contribution in [-0.2, 0) is 11.2 Å². The monoisotopic (exact) mass is 309 g/mol. The average Bonchev–Trinajstić information content (AvgIpc) is 2.85. The normalized spacial score (nSPS) is 19.0. The first-order chi connectivity index (χ1) is 10.1. The van der Waals surface area contributed by atoms with Crippen molar-refractivity contribution in [1.29, 1.82) is 0 Å². The minimum absolute atomic E-state index is 0.143. The lowest BCUT2D eigenvalue weighted by Gasteiger charge is -2.23. The van der Waals surface area contributed by atoms with Crippen LogP contribution in [0.25, 0.3) is 11.0 Å². The van der Waals surface area contributed by atoms with Crippen molar-refractivity contribution in [1.82, 2.24) is 14.8 Å². The van der Waals surface area contributed by atoms with Crippen molar-refractivity contribution in [2.24, 2.45) is 0 Å². The molecule has 3 heterocycles. The molecule has 1 aliphatic rings. The van der Waals surface area contributed by atoms with Crippen LogP contribution in [-0.4, -0.2) is 32.4 Å². The van der Waals surface area contributed by atoms with E-state index < -0.39 is 5.97 Å². The molecule has 0 aliphatic carbocycles. The van der Waals surface area contributed by atoms with Gasteiger partial charge >= 0.3 is 5.97 Å².